The SMILES string of the molecule is O=C(COC(=O)CSc1ccc2ccccc2c1)Nc1cccc(N2CCCC2=O)c1. The summed E-state index contributed by atoms with van der Waals surface area (Å²) < 4.78 is 5.10. The van der Waals surface area contributed by atoms with Crippen LogP contribution in [0.15, 0.2) is 71.6 Å². The van der Waals surface area contributed by atoms with E-state index in [2.05, 4.69) is 5.32 Å². The molecule has 1 N–H and O–H groups in total. The fraction of sp³-hybridized carbons (Fsp3) is 0.208. The zero-order valence-corrected chi connectivity index (χ0v) is 17.7. The van der Waals surface area contributed by atoms with Gasteiger partial charge in [0.2, 0.25) is 5.91 Å². The van der Waals surface area contributed by atoms with E-state index in [1.165, 1.54) is 11.8 Å². The van der Waals surface area contributed by atoms with Gasteiger partial charge in [-0.1, -0.05) is 36.4 Å². The number of thioether (sulfide) groups is 1. The summed E-state index contributed by atoms with van der Waals surface area (Å²) in [5, 5.41) is 4.96. The third kappa shape index (κ3) is 5.44. The van der Waals surface area contributed by atoms with E-state index in [0.29, 0.717) is 18.7 Å². The van der Waals surface area contributed by atoms with E-state index >= 15 is 0 Å². The second-order valence-electron chi connectivity index (χ2n) is 7.21. The van der Waals surface area contributed by atoms with Crippen LogP contribution in [0.4, 0.5) is 11.4 Å². The number of nitrogens with zero attached hydrogens (tertiary/aromatic N) is 1. The third-order valence-electron chi connectivity index (χ3n) is 4.96. The van der Waals surface area contributed by atoms with Gasteiger partial charge in [-0.2, -0.15) is 0 Å². The lowest BCUT2D eigenvalue weighted by Crippen LogP contribution is -2.24. The summed E-state index contributed by atoms with van der Waals surface area (Å²) in [6, 6.07) is 21.1. The summed E-state index contributed by atoms with van der Waals surface area (Å²) in [5.74, 6) is -0.668. The molecule has 0 radical (unpaired) electrons. The van der Waals surface area contributed by atoms with Crippen LogP contribution in [0.5, 0.6) is 0 Å². The monoisotopic (exact) mass is 434 g/mol. The molecule has 0 aromatic heterocycles. The molecule has 1 heterocycles. The van der Waals surface area contributed by atoms with Crippen molar-refractivity contribution in [1.82, 2.24) is 0 Å². The van der Waals surface area contributed by atoms with E-state index in [4.69, 9.17) is 4.74 Å². The number of anilines is 2. The maximum absolute atomic E-state index is 12.2. The quantitative estimate of drug-likeness (QED) is 0.445. The maximum Gasteiger partial charge on any atom is 0.316 e. The van der Waals surface area contributed by atoms with Crippen LogP contribution in [0, 0.1) is 0 Å². The van der Waals surface area contributed by atoms with Gasteiger partial charge in [-0.25, -0.2) is 0 Å². The van der Waals surface area contributed by atoms with Gasteiger partial charge in [0.25, 0.3) is 5.91 Å². The lowest BCUT2D eigenvalue weighted by Gasteiger charge is -2.16. The number of rotatable bonds is 7. The van der Waals surface area contributed by atoms with Gasteiger partial charge in [0.15, 0.2) is 6.61 Å². The number of fused-ring (bicyclic) bond motifs is 1. The minimum atomic E-state index is -0.454. The number of hydrogen-bond acceptors (Lipinski definition) is 5. The molecule has 1 aliphatic heterocycles. The van der Waals surface area contributed by atoms with Crippen LogP contribution >= 0.6 is 11.8 Å². The fourth-order valence-electron chi connectivity index (χ4n) is 3.46. The smallest absolute Gasteiger partial charge is 0.316 e. The first kappa shape index (κ1) is 20.9. The van der Waals surface area contributed by atoms with E-state index in [0.717, 1.165) is 27.8 Å². The molecule has 0 bridgehead atoms. The molecule has 6 nitrogen and oxygen atoms in total. The number of esters is 1. The van der Waals surface area contributed by atoms with Crippen molar-refractivity contribution in [3.05, 3.63) is 66.7 Å². The molecule has 3 aromatic carbocycles. The molecule has 0 aliphatic carbocycles. The topological polar surface area (TPSA) is 75.7 Å². The van der Waals surface area contributed by atoms with Crippen molar-refractivity contribution < 1.29 is 19.1 Å². The van der Waals surface area contributed by atoms with Gasteiger partial charge in [0.05, 0.1) is 5.75 Å². The van der Waals surface area contributed by atoms with Crippen molar-refractivity contribution in [2.45, 2.75) is 17.7 Å². The van der Waals surface area contributed by atoms with Crippen LogP contribution in [0.3, 0.4) is 0 Å². The Kier molecular flexibility index (Phi) is 6.52. The number of carbonyl (C=O) groups excluding carboxylic acids is 3. The highest BCUT2D eigenvalue weighted by Crippen LogP contribution is 2.25. The Morgan fingerprint density at radius 2 is 1.84 bits per heavy atom. The molecule has 0 saturated carbocycles. The molecule has 0 spiro atoms. The van der Waals surface area contributed by atoms with Crippen molar-refractivity contribution in [3.63, 3.8) is 0 Å². The van der Waals surface area contributed by atoms with Gasteiger partial charge >= 0.3 is 5.97 Å². The normalized spacial score (nSPS) is 13.4. The highest BCUT2D eigenvalue weighted by Gasteiger charge is 2.21. The molecule has 31 heavy (non-hydrogen) atoms. The fourth-order valence-corrected chi connectivity index (χ4v) is 4.20. The van der Waals surface area contributed by atoms with E-state index in [9.17, 15) is 14.4 Å². The summed E-state index contributed by atoms with van der Waals surface area (Å²) in [4.78, 5) is 38.8. The largest absolute Gasteiger partial charge is 0.455 e. The van der Waals surface area contributed by atoms with E-state index in [-0.39, 0.29) is 18.3 Å². The first-order chi connectivity index (χ1) is 15.1. The van der Waals surface area contributed by atoms with Gasteiger partial charge in [-0.15, -0.1) is 11.8 Å². The zero-order chi connectivity index (χ0) is 21.6. The van der Waals surface area contributed by atoms with Crippen LogP contribution in [-0.2, 0) is 19.1 Å². The minimum absolute atomic E-state index is 0.0846. The molecule has 0 atom stereocenters. The van der Waals surface area contributed by atoms with Crippen LogP contribution in [-0.4, -0.2) is 36.7 Å². The molecule has 7 heteroatoms. The molecular weight excluding hydrogens is 412 g/mol. The highest BCUT2D eigenvalue weighted by molar-refractivity contribution is 8.00. The number of ether oxygens (including phenoxy) is 1. The van der Waals surface area contributed by atoms with E-state index in [1.54, 1.807) is 23.1 Å². The Hall–Kier alpha value is -3.32. The summed E-state index contributed by atoms with van der Waals surface area (Å²) >= 11 is 1.37. The van der Waals surface area contributed by atoms with Crippen molar-refractivity contribution in [2.24, 2.45) is 0 Å². The molecule has 0 unspecified atom stereocenters. The lowest BCUT2D eigenvalue weighted by molar-refractivity contribution is -0.144. The number of benzene rings is 3. The number of hydrogen-bond donors (Lipinski definition) is 1. The minimum Gasteiger partial charge on any atom is -0.455 e. The van der Waals surface area contributed by atoms with Crippen LogP contribution in [0.2, 0.25) is 0 Å². The van der Waals surface area contributed by atoms with Gasteiger partial charge in [-0.05, 0) is 47.5 Å². The first-order valence-electron chi connectivity index (χ1n) is 10.1. The van der Waals surface area contributed by atoms with Gasteiger partial charge in [0.1, 0.15) is 0 Å². The number of amides is 2. The predicted octanol–water partition coefficient (Wildman–Crippen LogP) is 4.24. The summed E-state index contributed by atoms with van der Waals surface area (Å²) in [6.07, 6.45) is 1.38. The molecule has 4 rings (SSSR count). The molecule has 2 amide bonds. The Labute approximate surface area is 184 Å². The first-order valence-corrected chi connectivity index (χ1v) is 11.0. The van der Waals surface area contributed by atoms with E-state index < -0.39 is 11.9 Å². The summed E-state index contributed by atoms with van der Waals surface area (Å²) in [5.41, 5.74) is 1.31. The van der Waals surface area contributed by atoms with Crippen molar-refractivity contribution in [3.8, 4) is 0 Å². The molecule has 1 aliphatic rings. The van der Waals surface area contributed by atoms with Gasteiger partial charge < -0.3 is 15.0 Å². The van der Waals surface area contributed by atoms with E-state index in [1.807, 2.05) is 48.5 Å². The van der Waals surface area contributed by atoms with Crippen LogP contribution in [0.1, 0.15) is 12.8 Å². The second kappa shape index (κ2) is 9.66. The van der Waals surface area contributed by atoms with Crippen LogP contribution < -0.4 is 10.2 Å². The average Bonchev–Trinajstić information content (AvgIpc) is 3.22. The molecule has 158 valence electrons. The number of carbonyl (C=O) groups is 3. The van der Waals surface area contributed by atoms with Crippen molar-refractivity contribution in [1.29, 1.82) is 0 Å². The standard InChI is InChI=1S/C24H22N2O4S/c27-22(25-19-7-3-8-20(14-19)26-12-4-9-23(26)28)15-30-24(29)16-31-21-11-10-17-5-1-2-6-18(17)13-21/h1-3,5-8,10-11,13-14H,4,9,12,15-16H2,(H,25,27). The highest BCUT2D eigenvalue weighted by atomic mass is 32.2. The Bertz CT molecular complexity index is 1130. The second-order valence-corrected chi connectivity index (χ2v) is 8.25. The molecule has 1 fully saturated rings. The third-order valence-corrected chi connectivity index (χ3v) is 5.92. The predicted molar refractivity (Wildman–Crippen MR) is 122 cm³/mol. The van der Waals surface area contributed by atoms with Gasteiger partial charge in [0, 0.05) is 29.2 Å². The zero-order valence-electron chi connectivity index (χ0n) is 16.9. The van der Waals surface area contributed by atoms with Crippen molar-refractivity contribution in [2.75, 3.05) is 29.1 Å². The Balaban J connectivity index is 1.24. The molecule has 1 saturated heterocycles. The average molecular weight is 435 g/mol. The summed E-state index contributed by atoms with van der Waals surface area (Å²) in [6.45, 7) is 0.326. The molecule has 3 aromatic rings. The van der Waals surface area contributed by atoms with Gasteiger partial charge in [-0.3, -0.25) is 14.4 Å². The van der Waals surface area contributed by atoms with Crippen LogP contribution in [0.25, 0.3) is 10.8 Å². The maximum atomic E-state index is 12.2. The summed E-state index contributed by atoms with van der Waals surface area (Å²) in [7, 11) is 0. The molecular formula is C24H22N2O4S. The number of nitrogens with one attached hydrogen (secondary N) is 1. The Morgan fingerprint density at radius 3 is 2.65 bits per heavy atom. The lowest BCUT2D eigenvalue weighted by atomic mass is 10.1. The Morgan fingerprint density at radius 1 is 1.00 bits per heavy atom. The van der Waals surface area contributed by atoms with Crippen molar-refractivity contribution >= 4 is 51.7 Å².